The molecule has 2 rings (SSSR count). The summed E-state index contributed by atoms with van der Waals surface area (Å²) in [6.07, 6.45) is 0. The SMILES string of the molecule is Cc1cccc(Oc2ccc(F)cc2/C(N)=N/O)c1. The highest BCUT2D eigenvalue weighted by molar-refractivity contribution is 5.99. The smallest absolute Gasteiger partial charge is 0.173 e. The van der Waals surface area contributed by atoms with Gasteiger partial charge in [-0.2, -0.15) is 0 Å². The van der Waals surface area contributed by atoms with Gasteiger partial charge in [-0.05, 0) is 42.8 Å². The molecule has 4 nitrogen and oxygen atoms in total. The highest BCUT2D eigenvalue weighted by Crippen LogP contribution is 2.26. The van der Waals surface area contributed by atoms with Crippen LogP contribution < -0.4 is 10.5 Å². The highest BCUT2D eigenvalue weighted by Gasteiger charge is 2.11. The zero-order chi connectivity index (χ0) is 13.8. The zero-order valence-corrected chi connectivity index (χ0v) is 10.3. The van der Waals surface area contributed by atoms with Crippen LogP contribution in [0.2, 0.25) is 0 Å². The van der Waals surface area contributed by atoms with Gasteiger partial charge in [0.05, 0.1) is 5.56 Å². The van der Waals surface area contributed by atoms with Gasteiger partial charge in [0.1, 0.15) is 17.3 Å². The lowest BCUT2D eigenvalue weighted by molar-refractivity contribution is 0.318. The Labute approximate surface area is 109 Å². The van der Waals surface area contributed by atoms with E-state index < -0.39 is 5.82 Å². The topological polar surface area (TPSA) is 67.8 Å². The third kappa shape index (κ3) is 3.01. The number of oxime groups is 1. The molecule has 19 heavy (non-hydrogen) atoms. The molecule has 0 atom stereocenters. The van der Waals surface area contributed by atoms with E-state index in [1.807, 2.05) is 25.1 Å². The second kappa shape index (κ2) is 5.39. The minimum absolute atomic E-state index is 0.198. The molecule has 0 fully saturated rings. The van der Waals surface area contributed by atoms with Gasteiger partial charge < -0.3 is 15.7 Å². The molecule has 0 aliphatic carbocycles. The summed E-state index contributed by atoms with van der Waals surface area (Å²) in [7, 11) is 0. The third-order valence-corrected chi connectivity index (χ3v) is 2.54. The Morgan fingerprint density at radius 1 is 1.26 bits per heavy atom. The Bertz CT molecular complexity index is 627. The number of rotatable bonds is 3. The number of nitrogens with zero attached hydrogens (tertiary/aromatic N) is 1. The van der Waals surface area contributed by atoms with E-state index in [9.17, 15) is 4.39 Å². The van der Waals surface area contributed by atoms with Crippen molar-refractivity contribution in [3.05, 3.63) is 59.4 Å². The molecule has 2 aromatic carbocycles. The van der Waals surface area contributed by atoms with Crippen molar-refractivity contribution in [2.24, 2.45) is 10.9 Å². The zero-order valence-electron chi connectivity index (χ0n) is 10.3. The normalized spacial score (nSPS) is 11.4. The van der Waals surface area contributed by atoms with Crippen LogP contribution in [0.5, 0.6) is 11.5 Å². The summed E-state index contributed by atoms with van der Waals surface area (Å²) in [6.45, 7) is 1.93. The van der Waals surface area contributed by atoms with E-state index in [0.29, 0.717) is 11.5 Å². The predicted octanol–water partition coefficient (Wildman–Crippen LogP) is 3.02. The fourth-order valence-corrected chi connectivity index (χ4v) is 1.65. The lowest BCUT2D eigenvalue weighted by Crippen LogP contribution is -2.14. The second-order valence-corrected chi connectivity index (χ2v) is 4.04. The first-order chi connectivity index (χ1) is 9.10. The van der Waals surface area contributed by atoms with E-state index in [-0.39, 0.29) is 11.4 Å². The highest BCUT2D eigenvalue weighted by atomic mass is 19.1. The lowest BCUT2D eigenvalue weighted by atomic mass is 10.1. The molecule has 0 unspecified atom stereocenters. The van der Waals surface area contributed by atoms with Crippen LogP contribution in [0.1, 0.15) is 11.1 Å². The molecule has 0 heterocycles. The average molecular weight is 260 g/mol. The fraction of sp³-hybridized carbons (Fsp3) is 0.0714. The van der Waals surface area contributed by atoms with E-state index in [1.54, 1.807) is 6.07 Å². The quantitative estimate of drug-likeness (QED) is 0.386. The molecule has 0 saturated carbocycles. The van der Waals surface area contributed by atoms with Gasteiger partial charge in [0.25, 0.3) is 0 Å². The number of amidine groups is 1. The number of ether oxygens (including phenoxy) is 1. The number of halogens is 1. The van der Waals surface area contributed by atoms with Crippen LogP contribution in [0.4, 0.5) is 4.39 Å². The summed E-state index contributed by atoms with van der Waals surface area (Å²) in [5.74, 6) is 0.223. The monoisotopic (exact) mass is 260 g/mol. The van der Waals surface area contributed by atoms with Crippen LogP contribution in [-0.2, 0) is 0 Å². The minimum Gasteiger partial charge on any atom is -0.457 e. The summed E-state index contributed by atoms with van der Waals surface area (Å²) in [4.78, 5) is 0. The van der Waals surface area contributed by atoms with Crippen molar-refractivity contribution >= 4 is 5.84 Å². The van der Waals surface area contributed by atoms with Crippen molar-refractivity contribution in [3.8, 4) is 11.5 Å². The second-order valence-electron chi connectivity index (χ2n) is 4.04. The molecule has 5 heteroatoms. The van der Waals surface area contributed by atoms with E-state index in [2.05, 4.69) is 5.16 Å². The van der Waals surface area contributed by atoms with Crippen LogP contribution in [0.25, 0.3) is 0 Å². The number of hydrogen-bond donors (Lipinski definition) is 2. The molecule has 0 aliphatic rings. The van der Waals surface area contributed by atoms with Crippen LogP contribution in [0.3, 0.4) is 0 Å². The maximum absolute atomic E-state index is 13.2. The van der Waals surface area contributed by atoms with Crippen molar-refractivity contribution in [2.45, 2.75) is 6.92 Å². The largest absolute Gasteiger partial charge is 0.457 e. The molecule has 0 amide bonds. The van der Waals surface area contributed by atoms with Crippen molar-refractivity contribution in [1.82, 2.24) is 0 Å². The van der Waals surface area contributed by atoms with E-state index >= 15 is 0 Å². The average Bonchev–Trinajstić information content (AvgIpc) is 2.40. The van der Waals surface area contributed by atoms with E-state index in [0.717, 1.165) is 11.6 Å². The molecule has 3 N–H and O–H groups in total. The fourth-order valence-electron chi connectivity index (χ4n) is 1.65. The van der Waals surface area contributed by atoms with Crippen LogP contribution >= 0.6 is 0 Å². The Balaban J connectivity index is 2.40. The van der Waals surface area contributed by atoms with Gasteiger partial charge in [-0.25, -0.2) is 4.39 Å². The first-order valence-corrected chi connectivity index (χ1v) is 5.62. The predicted molar refractivity (Wildman–Crippen MR) is 70.2 cm³/mol. The Morgan fingerprint density at radius 3 is 2.74 bits per heavy atom. The first kappa shape index (κ1) is 12.9. The Hall–Kier alpha value is -2.56. The summed E-state index contributed by atoms with van der Waals surface area (Å²) in [5.41, 5.74) is 6.73. The molecule has 0 spiro atoms. The van der Waals surface area contributed by atoms with Crippen molar-refractivity contribution in [1.29, 1.82) is 0 Å². The van der Waals surface area contributed by atoms with Crippen molar-refractivity contribution in [3.63, 3.8) is 0 Å². The molecule has 0 radical (unpaired) electrons. The molecule has 0 bridgehead atoms. The van der Waals surface area contributed by atoms with E-state index in [4.69, 9.17) is 15.7 Å². The maximum atomic E-state index is 13.2. The van der Waals surface area contributed by atoms with Crippen molar-refractivity contribution < 1.29 is 14.3 Å². The van der Waals surface area contributed by atoms with Gasteiger partial charge in [-0.1, -0.05) is 17.3 Å². The summed E-state index contributed by atoms with van der Waals surface area (Å²) >= 11 is 0. The molecular weight excluding hydrogens is 247 g/mol. The van der Waals surface area contributed by atoms with E-state index in [1.165, 1.54) is 12.1 Å². The number of hydrogen-bond acceptors (Lipinski definition) is 3. The molecule has 98 valence electrons. The summed E-state index contributed by atoms with van der Waals surface area (Å²) in [6, 6.07) is 11.2. The molecule has 2 aromatic rings. The van der Waals surface area contributed by atoms with Gasteiger partial charge in [0.2, 0.25) is 0 Å². The molecule has 0 aromatic heterocycles. The molecule has 0 aliphatic heterocycles. The summed E-state index contributed by atoms with van der Waals surface area (Å²) in [5, 5.41) is 11.6. The van der Waals surface area contributed by atoms with Gasteiger partial charge in [-0.15, -0.1) is 0 Å². The van der Waals surface area contributed by atoms with Crippen LogP contribution in [0, 0.1) is 12.7 Å². The standard InChI is InChI=1S/C14H13FN2O2/c1-9-3-2-4-11(7-9)19-13-6-5-10(15)8-12(13)14(16)17-18/h2-8,18H,1H3,(H2,16,17). The molecule has 0 saturated heterocycles. The number of nitrogens with two attached hydrogens (primary N) is 1. The van der Waals surface area contributed by atoms with Gasteiger partial charge in [-0.3, -0.25) is 0 Å². The number of aryl methyl sites for hydroxylation is 1. The lowest BCUT2D eigenvalue weighted by Gasteiger charge is -2.10. The van der Waals surface area contributed by atoms with Crippen LogP contribution in [0.15, 0.2) is 47.6 Å². The minimum atomic E-state index is -0.488. The molecular formula is C14H13FN2O2. The van der Waals surface area contributed by atoms with Gasteiger partial charge >= 0.3 is 0 Å². The van der Waals surface area contributed by atoms with Gasteiger partial charge in [0, 0.05) is 0 Å². The third-order valence-electron chi connectivity index (χ3n) is 2.54. The Kier molecular flexibility index (Phi) is 3.66. The maximum Gasteiger partial charge on any atom is 0.173 e. The first-order valence-electron chi connectivity index (χ1n) is 5.62. The van der Waals surface area contributed by atoms with Gasteiger partial charge in [0.15, 0.2) is 5.84 Å². The van der Waals surface area contributed by atoms with Crippen LogP contribution in [-0.4, -0.2) is 11.0 Å². The van der Waals surface area contributed by atoms with Crippen molar-refractivity contribution in [2.75, 3.05) is 0 Å². The Morgan fingerprint density at radius 2 is 2.05 bits per heavy atom. The summed E-state index contributed by atoms with van der Waals surface area (Å²) < 4.78 is 18.8. The number of benzene rings is 2.